The molecule has 2 unspecified atom stereocenters. The first kappa shape index (κ1) is 29.4. The standard InChI is InChI=1S/C46H33N3S/c1-46(2)37-23-27(26-47)11-18-34(37)35-19-14-31(25-38(35)46)33-9-6-10-42-43(33)36-24-32(17-22-41(36)50-42)40-21-16-30-13-12-29-15-20-39(28-7-4-3-5-8-28)48-44(29)45(30)49-40/h3-9,11-24,31,42H,10,25H2,1-2H3. The molecule has 3 aliphatic carbocycles. The van der Waals surface area contributed by atoms with E-state index in [9.17, 15) is 5.26 Å². The molecule has 50 heavy (non-hydrogen) atoms. The fourth-order valence-electron chi connectivity index (χ4n) is 8.62. The minimum atomic E-state index is -0.109. The van der Waals surface area contributed by atoms with Crippen molar-refractivity contribution in [1.29, 1.82) is 5.26 Å². The minimum Gasteiger partial charge on any atom is -0.245 e. The largest absolute Gasteiger partial charge is 0.245 e. The second-order valence-corrected chi connectivity index (χ2v) is 15.6. The quantitative estimate of drug-likeness (QED) is 0.177. The molecule has 4 heteroatoms. The molecule has 4 aromatic carbocycles. The zero-order chi connectivity index (χ0) is 33.6. The van der Waals surface area contributed by atoms with Crippen molar-refractivity contribution in [3.05, 3.63) is 161 Å². The van der Waals surface area contributed by atoms with Gasteiger partial charge in [0.05, 0.1) is 34.1 Å². The normalized spacial score (nSPS) is 19.8. The monoisotopic (exact) mass is 659 g/mol. The van der Waals surface area contributed by atoms with Crippen LogP contribution in [0.4, 0.5) is 0 Å². The number of aromatic nitrogens is 2. The van der Waals surface area contributed by atoms with Crippen LogP contribution in [0.15, 0.2) is 143 Å². The second kappa shape index (κ2) is 11.0. The van der Waals surface area contributed by atoms with Crippen molar-refractivity contribution in [2.45, 2.75) is 42.2 Å². The average molecular weight is 660 g/mol. The van der Waals surface area contributed by atoms with Gasteiger partial charge in [-0.15, -0.1) is 11.8 Å². The average Bonchev–Trinajstić information content (AvgIpc) is 3.65. The molecule has 6 aromatic rings. The van der Waals surface area contributed by atoms with Crippen LogP contribution in [0.5, 0.6) is 0 Å². The van der Waals surface area contributed by atoms with Crippen LogP contribution in [-0.4, -0.2) is 15.2 Å². The predicted octanol–water partition coefficient (Wildman–Crippen LogP) is 11.5. The Hall–Kier alpha value is -5.50. The Bertz CT molecular complexity index is 2610. The molecule has 3 heterocycles. The highest BCUT2D eigenvalue weighted by atomic mass is 32.2. The topological polar surface area (TPSA) is 49.6 Å². The number of rotatable bonds is 3. The molecule has 0 bridgehead atoms. The van der Waals surface area contributed by atoms with Gasteiger partial charge in [-0.3, -0.25) is 0 Å². The van der Waals surface area contributed by atoms with Crippen molar-refractivity contribution in [2.24, 2.45) is 5.92 Å². The Morgan fingerprint density at radius 2 is 1.50 bits per heavy atom. The zero-order valence-corrected chi connectivity index (χ0v) is 28.8. The Morgan fingerprint density at radius 3 is 2.26 bits per heavy atom. The number of fused-ring (bicyclic) bond motifs is 8. The molecule has 10 rings (SSSR count). The van der Waals surface area contributed by atoms with Gasteiger partial charge in [-0.1, -0.05) is 110 Å². The molecule has 1 aliphatic heterocycles. The van der Waals surface area contributed by atoms with Gasteiger partial charge in [0.2, 0.25) is 0 Å². The van der Waals surface area contributed by atoms with Crippen LogP contribution in [0, 0.1) is 17.2 Å². The van der Waals surface area contributed by atoms with Crippen LogP contribution in [0.1, 0.15) is 48.9 Å². The van der Waals surface area contributed by atoms with Crippen LogP contribution in [0.3, 0.4) is 0 Å². The van der Waals surface area contributed by atoms with Gasteiger partial charge in [-0.2, -0.15) is 5.26 Å². The molecule has 0 amide bonds. The summed E-state index contributed by atoms with van der Waals surface area (Å²) in [5, 5.41) is 12.2. The maximum absolute atomic E-state index is 9.61. The first-order valence-electron chi connectivity index (χ1n) is 17.4. The van der Waals surface area contributed by atoms with E-state index in [2.05, 4.69) is 135 Å². The van der Waals surface area contributed by atoms with Gasteiger partial charge in [0.15, 0.2) is 0 Å². The summed E-state index contributed by atoms with van der Waals surface area (Å²) in [6.07, 6.45) is 11.6. The third-order valence-electron chi connectivity index (χ3n) is 11.2. The zero-order valence-electron chi connectivity index (χ0n) is 27.9. The van der Waals surface area contributed by atoms with Gasteiger partial charge >= 0.3 is 0 Å². The van der Waals surface area contributed by atoms with Crippen LogP contribution in [0.2, 0.25) is 0 Å². The summed E-state index contributed by atoms with van der Waals surface area (Å²) in [6, 6.07) is 38.7. The molecular weight excluding hydrogens is 627 g/mol. The van der Waals surface area contributed by atoms with E-state index in [1.165, 1.54) is 43.9 Å². The lowest BCUT2D eigenvalue weighted by Gasteiger charge is -2.31. The molecule has 0 fully saturated rings. The van der Waals surface area contributed by atoms with E-state index in [1.54, 1.807) is 0 Å². The molecule has 2 atom stereocenters. The minimum absolute atomic E-state index is 0.109. The lowest BCUT2D eigenvalue weighted by atomic mass is 9.73. The van der Waals surface area contributed by atoms with Crippen LogP contribution in [0.25, 0.3) is 55.5 Å². The predicted molar refractivity (Wildman–Crippen MR) is 207 cm³/mol. The number of thioether (sulfide) groups is 1. The summed E-state index contributed by atoms with van der Waals surface area (Å²) in [6.45, 7) is 4.65. The molecular formula is C46H33N3S. The van der Waals surface area contributed by atoms with E-state index in [0.717, 1.165) is 62.7 Å². The highest BCUT2D eigenvalue weighted by Gasteiger charge is 2.41. The van der Waals surface area contributed by atoms with Crippen LogP contribution >= 0.6 is 11.8 Å². The van der Waals surface area contributed by atoms with Crippen molar-refractivity contribution >= 4 is 44.7 Å². The molecule has 0 saturated heterocycles. The lowest BCUT2D eigenvalue weighted by molar-refractivity contribution is 0.577. The summed E-state index contributed by atoms with van der Waals surface area (Å²) in [5.41, 5.74) is 16.3. The smallest absolute Gasteiger partial charge is 0.0991 e. The molecule has 238 valence electrons. The van der Waals surface area contributed by atoms with E-state index >= 15 is 0 Å². The maximum atomic E-state index is 9.61. The first-order valence-corrected chi connectivity index (χ1v) is 18.3. The second-order valence-electron chi connectivity index (χ2n) is 14.4. The molecule has 0 radical (unpaired) electrons. The fourth-order valence-corrected chi connectivity index (χ4v) is 9.96. The van der Waals surface area contributed by atoms with Crippen molar-refractivity contribution in [1.82, 2.24) is 9.97 Å². The molecule has 0 N–H and O–H groups in total. The van der Waals surface area contributed by atoms with Gasteiger partial charge in [-0.05, 0) is 82.6 Å². The Balaban J connectivity index is 1.04. The summed E-state index contributed by atoms with van der Waals surface area (Å²) in [7, 11) is 0. The van der Waals surface area contributed by atoms with E-state index in [4.69, 9.17) is 9.97 Å². The number of pyridine rings is 2. The molecule has 0 saturated carbocycles. The number of nitrogens with zero attached hydrogens (tertiary/aromatic N) is 3. The van der Waals surface area contributed by atoms with E-state index < -0.39 is 0 Å². The van der Waals surface area contributed by atoms with Gasteiger partial charge in [0.25, 0.3) is 0 Å². The third-order valence-corrected chi connectivity index (χ3v) is 12.5. The summed E-state index contributed by atoms with van der Waals surface area (Å²) in [4.78, 5) is 11.8. The Morgan fingerprint density at radius 1 is 0.760 bits per heavy atom. The van der Waals surface area contributed by atoms with Gasteiger partial charge in [0.1, 0.15) is 0 Å². The molecule has 2 aromatic heterocycles. The first-order chi connectivity index (χ1) is 24.5. The SMILES string of the molecule is CC1(C)C2=C(C=CC(C3=C4c5cc(-c6ccc7ccc8ccc(-c9ccccc9)nc8c7n6)ccc5SC4CC=C3)C2)c2ccc(C#N)cc21. The number of nitriles is 1. The van der Waals surface area contributed by atoms with Crippen molar-refractivity contribution in [3.8, 4) is 28.6 Å². The van der Waals surface area contributed by atoms with Gasteiger partial charge in [-0.25, -0.2) is 9.97 Å². The van der Waals surface area contributed by atoms with E-state index in [1.807, 2.05) is 23.9 Å². The fraction of sp³-hybridized carbons (Fsp3) is 0.152. The third kappa shape index (κ3) is 4.43. The lowest BCUT2D eigenvalue weighted by Crippen LogP contribution is -2.21. The molecule has 3 nitrogen and oxygen atoms in total. The number of hydrogen-bond donors (Lipinski definition) is 0. The van der Waals surface area contributed by atoms with Crippen LogP contribution < -0.4 is 0 Å². The highest BCUT2D eigenvalue weighted by Crippen LogP contribution is 2.56. The van der Waals surface area contributed by atoms with Crippen molar-refractivity contribution in [2.75, 3.05) is 0 Å². The Kier molecular flexibility index (Phi) is 6.47. The number of benzene rings is 4. The highest BCUT2D eigenvalue weighted by molar-refractivity contribution is 8.00. The summed E-state index contributed by atoms with van der Waals surface area (Å²) in [5.74, 6) is 0.303. The van der Waals surface area contributed by atoms with E-state index in [-0.39, 0.29) is 5.41 Å². The van der Waals surface area contributed by atoms with Crippen molar-refractivity contribution < 1.29 is 0 Å². The molecule has 0 spiro atoms. The summed E-state index contributed by atoms with van der Waals surface area (Å²) < 4.78 is 0. The van der Waals surface area contributed by atoms with E-state index in [0.29, 0.717) is 11.2 Å². The number of hydrogen-bond acceptors (Lipinski definition) is 4. The van der Waals surface area contributed by atoms with Gasteiger partial charge < -0.3 is 0 Å². The van der Waals surface area contributed by atoms with Gasteiger partial charge in [0, 0.05) is 43.4 Å². The van der Waals surface area contributed by atoms with Crippen LogP contribution in [-0.2, 0) is 5.41 Å². The molecule has 4 aliphatic rings. The maximum Gasteiger partial charge on any atom is 0.0991 e. The number of allylic oxidation sites excluding steroid dienone is 7. The Labute approximate surface area is 296 Å². The van der Waals surface area contributed by atoms with Crippen molar-refractivity contribution in [3.63, 3.8) is 0 Å². The summed E-state index contributed by atoms with van der Waals surface area (Å²) >= 11 is 2.00.